The molecule has 0 aromatic carbocycles. The predicted molar refractivity (Wildman–Crippen MR) is 76.9 cm³/mol. The minimum absolute atomic E-state index is 0.380. The molecular formula is C17H28O2. The van der Waals surface area contributed by atoms with Crippen molar-refractivity contribution in [1.29, 1.82) is 0 Å². The van der Waals surface area contributed by atoms with E-state index in [9.17, 15) is 5.11 Å². The summed E-state index contributed by atoms with van der Waals surface area (Å²) >= 11 is 0. The molecule has 0 saturated heterocycles. The highest BCUT2D eigenvalue weighted by molar-refractivity contribution is 5.41. The van der Waals surface area contributed by atoms with Crippen molar-refractivity contribution >= 4 is 0 Å². The number of rotatable bonds is 8. The quantitative estimate of drug-likeness (QED) is 0.679. The van der Waals surface area contributed by atoms with Crippen molar-refractivity contribution in [3.05, 3.63) is 11.6 Å². The Labute approximate surface area is 117 Å². The normalized spacial score (nSPS) is 37.5. The van der Waals surface area contributed by atoms with Gasteiger partial charge in [0.05, 0.1) is 0 Å². The number of methoxy groups -OCH3 is 1. The lowest BCUT2D eigenvalue weighted by atomic mass is 9.82. The zero-order valence-corrected chi connectivity index (χ0v) is 12.2. The van der Waals surface area contributed by atoms with Gasteiger partial charge in [-0.2, -0.15) is 0 Å². The molecule has 3 atom stereocenters. The van der Waals surface area contributed by atoms with Gasteiger partial charge in [-0.3, -0.25) is 0 Å². The van der Waals surface area contributed by atoms with Crippen molar-refractivity contribution < 1.29 is 9.84 Å². The summed E-state index contributed by atoms with van der Waals surface area (Å²) in [5, 5.41) is 9.54. The molecule has 108 valence electrons. The van der Waals surface area contributed by atoms with Crippen LogP contribution in [0.3, 0.4) is 0 Å². The van der Waals surface area contributed by atoms with Gasteiger partial charge in [0.2, 0.25) is 0 Å². The Morgan fingerprint density at radius 1 is 1.26 bits per heavy atom. The standard InChI is InChI=1S/C17H28O2/c1-19-10-9-17(8-7-13-5-6-13)11-16(17)15-4-2-3-14(15)12-18/h11,13-15,18H,2-10,12H2,1H3. The number of aliphatic hydroxyl groups is 1. The largest absolute Gasteiger partial charge is 0.396 e. The molecule has 3 aliphatic carbocycles. The zero-order valence-electron chi connectivity index (χ0n) is 12.2. The fourth-order valence-corrected chi connectivity index (χ4v) is 4.11. The summed E-state index contributed by atoms with van der Waals surface area (Å²) in [5.41, 5.74) is 2.07. The van der Waals surface area contributed by atoms with Crippen molar-refractivity contribution in [3.8, 4) is 0 Å². The van der Waals surface area contributed by atoms with E-state index < -0.39 is 0 Å². The van der Waals surface area contributed by atoms with Gasteiger partial charge in [0.15, 0.2) is 0 Å². The third-order valence-corrected chi connectivity index (χ3v) is 5.66. The second-order valence-corrected chi connectivity index (χ2v) is 6.96. The molecule has 3 aliphatic rings. The Bertz CT molecular complexity index is 345. The van der Waals surface area contributed by atoms with E-state index in [0.717, 1.165) is 12.5 Å². The molecule has 0 aromatic heterocycles. The second kappa shape index (κ2) is 5.57. The Hall–Kier alpha value is -0.340. The molecule has 0 bridgehead atoms. The first-order valence-electron chi connectivity index (χ1n) is 8.12. The van der Waals surface area contributed by atoms with Gasteiger partial charge < -0.3 is 9.84 Å². The number of hydrogen-bond acceptors (Lipinski definition) is 2. The van der Waals surface area contributed by atoms with Gasteiger partial charge >= 0.3 is 0 Å². The minimum atomic E-state index is 0.380. The van der Waals surface area contributed by atoms with Crippen LogP contribution in [0.15, 0.2) is 11.6 Å². The van der Waals surface area contributed by atoms with Crippen LogP contribution < -0.4 is 0 Å². The van der Waals surface area contributed by atoms with Gasteiger partial charge in [0.1, 0.15) is 0 Å². The molecule has 2 saturated carbocycles. The third-order valence-electron chi connectivity index (χ3n) is 5.66. The van der Waals surface area contributed by atoms with Crippen LogP contribution in [-0.4, -0.2) is 25.4 Å². The molecule has 0 aliphatic heterocycles. The van der Waals surface area contributed by atoms with Crippen LogP contribution in [0.5, 0.6) is 0 Å². The van der Waals surface area contributed by atoms with Gasteiger partial charge in [-0.1, -0.05) is 30.9 Å². The molecule has 3 rings (SSSR count). The maximum atomic E-state index is 9.54. The van der Waals surface area contributed by atoms with Crippen LogP contribution in [0.4, 0.5) is 0 Å². The summed E-state index contributed by atoms with van der Waals surface area (Å²) in [5.74, 6) is 2.24. The Morgan fingerprint density at radius 2 is 2.11 bits per heavy atom. The molecule has 2 fully saturated rings. The van der Waals surface area contributed by atoms with E-state index in [1.54, 1.807) is 5.57 Å². The third kappa shape index (κ3) is 2.90. The lowest BCUT2D eigenvalue weighted by Crippen LogP contribution is -2.18. The molecule has 0 spiro atoms. The fourth-order valence-electron chi connectivity index (χ4n) is 4.11. The SMILES string of the molecule is COCCC1(CCC2CC2)C=C1C1CCCC1CO. The number of allylic oxidation sites excluding steroid dienone is 2. The Kier molecular flexibility index (Phi) is 4.00. The lowest BCUT2D eigenvalue weighted by molar-refractivity contribution is 0.166. The minimum Gasteiger partial charge on any atom is -0.396 e. The fraction of sp³-hybridized carbons (Fsp3) is 0.882. The van der Waals surface area contributed by atoms with Crippen molar-refractivity contribution in [2.45, 2.75) is 51.4 Å². The van der Waals surface area contributed by atoms with Crippen LogP contribution in [0.1, 0.15) is 51.4 Å². The monoisotopic (exact) mass is 264 g/mol. The van der Waals surface area contributed by atoms with Crippen molar-refractivity contribution in [2.75, 3.05) is 20.3 Å². The molecule has 3 unspecified atom stereocenters. The average Bonchev–Trinajstić information content (AvgIpc) is 3.33. The molecule has 2 nitrogen and oxygen atoms in total. The van der Waals surface area contributed by atoms with Crippen LogP contribution >= 0.6 is 0 Å². The summed E-state index contributed by atoms with van der Waals surface area (Å²) in [6.07, 6.45) is 13.2. The summed E-state index contributed by atoms with van der Waals surface area (Å²) in [4.78, 5) is 0. The second-order valence-electron chi connectivity index (χ2n) is 6.96. The van der Waals surface area contributed by atoms with E-state index >= 15 is 0 Å². The Balaban J connectivity index is 1.59. The van der Waals surface area contributed by atoms with E-state index in [4.69, 9.17) is 4.74 Å². The topological polar surface area (TPSA) is 29.5 Å². The highest BCUT2D eigenvalue weighted by Crippen LogP contribution is 2.59. The van der Waals surface area contributed by atoms with Crippen molar-refractivity contribution in [1.82, 2.24) is 0 Å². The smallest absolute Gasteiger partial charge is 0.0473 e. The molecule has 2 heteroatoms. The summed E-state index contributed by atoms with van der Waals surface area (Å²) in [6.45, 7) is 1.26. The number of hydrogen-bond donors (Lipinski definition) is 1. The van der Waals surface area contributed by atoms with E-state index in [1.807, 2.05) is 7.11 Å². The molecule has 0 heterocycles. The first-order valence-corrected chi connectivity index (χ1v) is 8.12. The van der Waals surface area contributed by atoms with Crippen LogP contribution in [-0.2, 0) is 4.74 Å². The number of ether oxygens (including phenoxy) is 1. The van der Waals surface area contributed by atoms with Crippen LogP contribution in [0, 0.1) is 23.2 Å². The highest BCUT2D eigenvalue weighted by atomic mass is 16.5. The van der Waals surface area contributed by atoms with Gasteiger partial charge in [-0.25, -0.2) is 0 Å². The van der Waals surface area contributed by atoms with Crippen molar-refractivity contribution in [2.24, 2.45) is 23.2 Å². The molecule has 0 aromatic rings. The first-order chi connectivity index (χ1) is 9.29. The van der Waals surface area contributed by atoms with E-state index in [-0.39, 0.29) is 0 Å². The molecule has 19 heavy (non-hydrogen) atoms. The average molecular weight is 264 g/mol. The van der Waals surface area contributed by atoms with Crippen LogP contribution in [0.2, 0.25) is 0 Å². The maximum absolute atomic E-state index is 9.54. The molecule has 0 amide bonds. The predicted octanol–water partition coefficient (Wildman–Crippen LogP) is 3.55. The lowest BCUT2D eigenvalue weighted by Gasteiger charge is -2.24. The summed E-state index contributed by atoms with van der Waals surface area (Å²) in [6, 6.07) is 0. The number of aliphatic hydroxyl groups excluding tert-OH is 1. The molecule has 1 N–H and O–H groups in total. The highest BCUT2D eigenvalue weighted by Gasteiger charge is 2.49. The Morgan fingerprint density at radius 3 is 2.79 bits per heavy atom. The molecular weight excluding hydrogens is 236 g/mol. The maximum Gasteiger partial charge on any atom is 0.0473 e. The summed E-state index contributed by atoms with van der Waals surface area (Å²) in [7, 11) is 1.81. The molecule has 0 radical (unpaired) electrons. The van der Waals surface area contributed by atoms with E-state index in [2.05, 4.69) is 6.08 Å². The van der Waals surface area contributed by atoms with Gasteiger partial charge in [0.25, 0.3) is 0 Å². The van der Waals surface area contributed by atoms with Crippen molar-refractivity contribution in [3.63, 3.8) is 0 Å². The summed E-state index contributed by atoms with van der Waals surface area (Å²) < 4.78 is 5.32. The first kappa shape index (κ1) is 13.6. The van der Waals surface area contributed by atoms with Gasteiger partial charge in [-0.15, -0.1) is 0 Å². The van der Waals surface area contributed by atoms with E-state index in [1.165, 1.54) is 51.4 Å². The van der Waals surface area contributed by atoms with Crippen LogP contribution in [0.25, 0.3) is 0 Å². The van der Waals surface area contributed by atoms with Gasteiger partial charge in [-0.05, 0) is 49.9 Å². The zero-order chi connectivity index (χ0) is 13.3. The van der Waals surface area contributed by atoms with Gasteiger partial charge in [0, 0.05) is 25.7 Å². The van der Waals surface area contributed by atoms with E-state index in [0.29, 0.717) is 23.9 Å².